The second kappa shape index (κ2) is 7.77. The highest BCUT2D eigenvalue weighted by molar-refractivity contribution is 5.19. The van der Waals surface area contributed by atoms with Crippen LogP contribution in [0.25, 0.3) is 0 Å². The van der Waals surface area contributed by atoms with Crippen molar-refractivity contribution in [3.63, 3.8) is 0 Å². The van der Waals surface area contributed by atoms with E-state index in [1.165, 1.54) is 5.56 Å². The maximum Gasteiger partial charge on any atom is 0.0718 e. The molecule has 0 heterocycles. The monoisotopic (exact) mass is 278 g/mol. The number of benzene rings is 1. The van der Waals surface area contributed by atoms with Crippen LogP contribution in [0.3, 0.4) is 0 Å². The van der Waals surface area contributed by atoms with Crippen molar-refractivity contribution in [1.82, 2.24) is 10.2 Å². The van der Waals surface area contributed by atoms with Crippen molar-refractivity contribution in [1.29, 1.82) is 0 Å². The van der Waals surface area contributed by atoms with E-state index in [1.54, 1.807) is 0 Å². The fraction of sp³-hybridized carbons (Fsp3) is 0.647. The summed E-state index contributed by atoms with van der Waals surface area (Å²) in [7, 11) is 2.01. The van der Waals surface area contributed by atoms with Crippen LogP contribution in [0.4, 0.5) is 0 Å². The Morgan fingerprint density at radius 3 is 2.30 bits per heavy atom. The molecule has 0 aliphatic carbocycles. The second-order valence-corrected chi connectivity index (χ2v) is 6.29. The largest absolute Gasteiger partial charge is 0.389 e. The third kappa shape index (κ3) is 5.61. The average molecular weight is 278 g/mol. The number of aliphatic hydroxyl groups is 1. The van der Waals surface area contributed by atoms with Crippen LogP contribution in [0.15, 0.2) is 30.3 Å². The molecule has 2 unspecified atom stereocenters. The summed E-state index contributed by atoms with van der Waals surface area (Å²) in [5.74, 6) is 0.477. The Labute approximate surface area is 124 Å². The maximum absolute atomic E-state index is 9.99. The Hall–Kier alpha value is -0.900. The molecular weight excluding hydrogens is 248 g/mol. The minimum absolute atomic E-state index is 0.340. The first-order valence-electron chi connectivity index (χ1n) is 7.54. The summed E-state index contributed by atoms with van der Waals surface area (Å²) >= 11 is 0. The highest BCUT2D eigenvalue weighted by Crippen LogP contribution is 2.22. The van der Waals surface area contributed by atoms with Crippen molar-refractivity contribution in [2.75, 3.05) is 26.7 Å². The molecule has 3 nitrogen and oxygen atoms in total. The van der Waals surface area contributed by atoms with Gasteiger partial charge in [-0.3, -0.25) is 0 Å². The molecule has 0 fully saturated rings. The second-order valence-electron chi connectivity index (χ2n) is 6.29. The van der Waals surface area contributed by atoms with Gasteiger partial charge in [0, 0.05) is 19.1 Å². The zero-order valence-electron chi connectivity index (χ0n) is 13.6. The van der Waals surface area contributed by atoms with Gasteiger partial charge in [0.1, 0.15) is 0 Å². The molecule has 0 saturated carbocycles. The van der Waals surface area contributed by atoms with Crippen LogP contribution in [0.1, 0.15) is 39.3 Å². The smallest absolute Gasteiger partial charge is 0.0718 e. The van der Waals surface area contributed by atoms with Gasteiger partial charge in [0.15, 0.2) is 0 Å². The van der Waals surface area contributed by atoms with Gasteiger partial charge in [0.25, 0.3) is 0 Å². The third-order valence-corrected chi connectivity index (χ3v) is 3.64. The van der Waals surface area contributed by atoms with Crippen LogP contribution >= 0.6 is 0 Å². The normalized spacial score (nSPS) is 15.3. The van der Waals surface area contributed by atoms with E-state index in [0.29, 0.717) is 18.5 Å². The van der Waals surface area contributed by atoms with Gasteiger partial charge in [-0.05, 0) is 38.9 Å². The first-order chi connectivity index (χ1) is 9.37. The van der Waals surface area contributed by atoms with Gasteiger partial charge in [-0.1, -0.05) is 44.2 Å². The summed E-state index contributed by atoms with van der Waals surface area (Å²) in [5.41, 5.74) is 0.680. The van der Waals surface area contributed by atoms with Crippen LogP contribution in [-0.4, -0.2) is 42.3 Å². The quantitative estimate of drug-likeness (QED) is 0.767. The first kappa shape index (κ1) is 17.2. The number of hydrogen-bond donors (Lipinski definition) is 2. The lowest BCUT2D eigenvalue weighted by atomic mass is 9.93. The van der Waals surface area contributed by atoms with Crippen molar-refractivity contribution < 1.29 is 5.11 Å². The van der Waals surface area contributed by atoms with Gasteiger partial charge in [0.2, 0.25) is 0 Å². The average Bonchev–Trinajstić information content (AvgIpc) is 2.38. The number of rotatable bonds is 8. The predicted molar refractivity (Wildman–Crippen MR) is 85.8 cm³/mol. The zero-order chi connectivity index (χ0) is 15.2. The van der Waals surface area contributed by atoms with Crippen molar-refractivity contribution in [2.24, 2.45) is 5.92 Å². The molecule has 0 spiro atoms. The highest BCUT2D eigenvalue weighted by atomic mass is 16.3. The topological polar surface area (TPSA) is 35.5 Å². The van der Waals surface area contributed by atoms with E-state index in [4.69, 9.17) is 0 Å². The van der Waals surface area contributed by atoms with E-state index in [2.05, 4.69) is 48.3 Å². The van der Waals surface area contributed by atoms with Crippen molar-refractivity contribution in [3.8, 4) is 0 Å². The standard InChI is InChI=1S/C17H30N2O/c1-6-19(13-17(3,4)20)12-14(2)16(18-5)15-10-8-7-9-11-15/h7-11,14,16,18,20H,6,12-13H2,1-5H3. The van der Waals surface area contributed by atoms with Gasteiger partial charge in [-0.2, -0.15) is 0 Å². The molecule has 0 aliphatic rings. The Kier molecular flexibility index (Phi) is 6.66. The molecule has 0 amide bonds. The minimum Gasteiger partial charge on any atom is -0.389 e. The van der Waals surface area contributed by atoms with E-state index in [1.807, 2.05) is 27.0 Å². The predicted octanol–water partition coefficient (Wildman–Crippen LogP) is 2.68. The molecule has 0 aliphatic heterocycles. The van der Waals surface area contributed by atoms with E-state index in [0.717, 1.165) is 13.1 Å². The van der Waals surface area contributed by atoms with Crippen LogP contribution in [0.2, 0.25) is 0 Å². The van der Waals surface area contributed by atoms with Crippen LogP contribution in [-0.2, 0) is 0 Å². The summed E-state index contributed by atoms with van der Waals surface area (Å²) in [6.45, 7) is 10.8. The Bertz CT molecular complexity index is 372. The summed E-state index contributed by atoms with van der Waals surface area (Å²) in [6.07, 6.45) is 0. The van der Waals surface area contributed by atoms with Gasteiger partial charge in [-0.15, -0.1) is 0 Å². The molecule has 1 aromatic rings. The zero-order valence-corrected chi connectivity index (χ0v) is 13.6. The molecule has 0 bridgehead atoms. The van der Waals surface area contributed by atoms with E-state index >= 15 is 0 Å². The summed E-state index contributed by atoms with van der Waals surface area (Å²) in [4.78, 5) is 2.32. The molecule has 2 atom stereocenters. The number of nitrogens with one attached hydrogen (secondary N) is 1. The number of hydrogen-bond acceptors (Lipinski definition) is 3. The molecule has 2 N–H and O–H groups in total. The molecule has 1 aromatic carbocycles. The lowest BCUT2D eigenvalue weighted by Crippen LogP contribution is -2.42. The SMILES string of the molecule is CCN(CC(C)C(NC)c1ccccc1)CC(C)(C)O. The molecular formula is C17H30N2O. The van der Waals surface area contributed by atoms with Crippen molar-refractivity contribution >= 4 is 0 Å². The fourth-order valence-corrected chi connectivity index (χ4v) is 2.81. The first-order valence-corrected chi connectivity index (χ1v) is 7.54. The summed E-state index contributed by atoms with van der Waals surface area (Å²) in [6, 6.07) is 10.9. The maximum atomic E-state index is 9.99. The van der Waals surface area contributed by atoms with Crippen molar-refractivity contribution in [3.05, 3.63) is 35.9 Å². The Balaban J connectivity index is 2.69. The summed E-state index contributed by atoms with van der Waals surface area (Å²) in [5, 5.41) is 13.4. The number of nitrogens with zero attached hydrogens (tertiary/aromatic N) is 1. The van der Waals surface area contributed by atoms with Crippen LogP contribution in [0.5, 0.6) is 0 Å². The minimum atomic E-state index is -0.641. The third-order valence-electron chi connectivity index (χ3n) is 3.64. The van der Waals surface area contributed by atoms with Gasteiger partial charge < -0.3 is 15.3 Å². The fourth-order valence-electron chi connectivity index (χ4n) is 2.81. The molecule has 0 saturated heterocycles. The molecule has 0 aromatic heterocycles. The molecule has 20 heavy (non-hydrogen) atoms. The van der Waals surface area contributed by atoms with Gasteiger partial charge in [-0.25, -0.2) is 0 Å². The molecule has 0 radical (unpaired) electrons. The van der Waals surface area contributed by atoms with Crippen molar-refractivity contribution in [2.45, 2.75) is 39.3 Å². The molecule has 3 heteroatoms. The lowest BCUT2D eigenvalue weighted by Gasteiger charge is -2.33. The van der Waals surface area contributed by atoms with Crippen LogP contribution < -0.4 is 5.32 Å². The van der Waals surface area contributed by atoms with Gasteiger partial charge >= 0.3 is 0 Å². The number of likely N-dealkylation sites (N-methyl/N-ethyl adjacent to an activating group) is 1. The Morgan fingerprint density at radius 2 is 1.85 bits per heavy atom. The highest BCUT2D eigenvalue weighted by Gasteiger charge is 2.23. The van der Waals surface area contributed by atoms with E-state index in [-0.39, 0.29) is 0 Å². The molecule has 114 valence electrons. The van der Waals surface area contributed by atoms with E-state index < -0.39 is 5.60 Å². The lowest BCUT2D eigenvalue weighted by molar-refractivity contribution is 0.0318. The van der Waals surface area contributed by atoms with Crippen LogP contribution in [0, 0.1) is 5.92 Å². The molecule has 1 rings (SSSR count). The van der Waals surface area contributed by atoms with Gasteiger partial charge in [0.05, 0.1) is 5.60 Å². The Morgan fingerprint density at radius 1 is 1.25 bits per heavy atom. The summed E-state index contributed by atoms with van der Waals surface area (Å²) < 4.78 is 0. The van der Waals surface area contributed by atoms with E-state index in [9.17, 15) is 5.11 Å².